The van der Waals surface area contributed by atoms with E-state index in [0.717, 1.165) is 6.07 Å². The molecule has 8 heteroatoms. The maximum atomic E-state index is 13.6. The summed E-state index contributed by atoms with van der Waals surface area (Å²) >= 11 is 0. The van der Waals surface area contributed by atoms with Crippen LogP contribution in [0.4, 0.5) is 15.8 Å². The number of amides is 1. The van der Waals surface area contributed by atoms with Crippen LogP contribution in [-0.2, 0) is 10.0 Å². The second-order valence-electron chi connectivity index (χ2n) is 5.34. The zero-order chi connectivity index (χ0) is 18.6. The number of ether oxygens (including phenoxy) is 1. The van der Waals surface area contributed by atoms with Crippen molar-refractivity contribution in [2.24, 2.45) is 0 Å². The first-order valence-electron chi connectivity index (χ1n) is 7.51. The van der Waals surface area contributed by atoms with Crippen molar-refractivity contribution in [2.45, 2.75) is 13.8 Å². The Morgan fingerprint density at radius 2 is 1.92 bits per heavy atom. The van der Waals surface area contributed by atoms with E-state index in [1.54, 1.807) is 6.92 Å². The van der Waals surface area contributed by atoms with Gasteiger partial charge in [0.05, 0.1) is 18.6 Å². The van der Waals surface area contributed by atoms with E-state index in [1.165, 1.54) is 44.4 Å². The van der Waals surface area contributed by atoms with Gasteiger partial charge in [0.1, 0.15) is 11.6 Å². The van der Waals surface area contributed by atoms with Crippen LogP contribution in [0.15, 0.2) is 36.4 Å². The Bertz CT molecular complexity index is 898. The Morgan fingerprint density at radius 3 is 2.52 bits per heavy atom. The summed E-state index contributed by atoms with van der Waals surface area (Å²) in [6.45, 7) is 3.13. The van der Waals surface area contributed by atoms with Gasteiger partial charge in [-0.25, -0.2) is 12.8 Å². The van der Waals surface area contributed by atoms with Crippen LogP contribution in [0.2, 0.25) is 0 Å². The van der Waals surface area contributed by atoms with Crippen molar-refractivity contribution in [3.8, 4) is 5.75 Å². The fraction of sp³-hybridized carbons (Fsp3) is 0.235. The second kappa shape index (κ2) is 7.52. The third-order valence-corrected chi connectivity index (χ3v) is 4.83. The van der Waals surface area contributed by atoms with Crippen LogP contribution in [0, 0.1) is 12.7 Å². The summed E-state index contributed by atoms with van der Waals surface area (Å²) in [4.78, 5) is 12.2. The molecular weight excluding hydrogens is 347 g/mol. The molecule has 0 atom stereocenters. The molecule has 0 aliphatic carbocycles. The zero-order valence-electron chi connectivity index (χ0n) is 14.1. The number of methoxy groups -OCH3 is 1. The molecule has 0 fully saturated rings. The van der Waals surface area contributed by atoms with Crippen molar-refractivity contribution < 1.29 is 22.3 Å². The van der Waals surface area contributed by atoms with E-state index >= 15 is 0 Å². The van der Waals surface area contributed by atoms with Crippen LogP contribution < -0.4 is 14.8 Å². The molecule has 0 heterocycles. The molecule has 0 saturated heterocycles. The highest BCUT2D eigenvalue weighted by Crippen LogP contribution is 2.29. The predicted molar refractivity (Wildman–Crippen MR) is 95.2 cm³/mol. The standard InChI is InChI=1S/C17H19FN2O4S/c1-4-25(22,23)20-15-8-7-13(10-16(15)24-3)19-17(21)12-6-5-11(2)14(18)9-12/h5-10,20H,4H2,1-3H3,(H,19,21). The molecule has 2 rings (SSSR count). The average molecular weight is 366 g/mol. The lowest BCUT2D eigenvalue weighted by molar-refractivity contribution is 0.102. The molecule has 0 aliphatic heterocycles. The topological polar surface area (TPSA) is 84.5 Å². The molecule has 25 heavy (non-hydrogen) atoms. The van der Waals surface area contributed by atoms with Crippen LogP contribution in [0.1, 0.15) is 22.8 Å². The van der Waals surface area contributed by atoms with Crippen molar-refractivity contribution in [1.29, 1.82) is 0 Å². The SMILES string of the molecule is CCS(=O)(=O)Nc1ccc(NC(=O)c2ccc(C)c(F)c2)cc1OC. The van der Waals surface area contributed by atoms with Crippen LogP contribution in [0.5, 0.6) is 5.75 Å². The Labute approximate surface area is 146 Å². The molecule has 0 bridgehead atoms. The van der Waals surface area contributed by atoms with Gasteiger partial charge in [-0.3, -0.25) is 9.52 Å². The summed E-state index contributed by atoms with van der Waals surface area (Å²) in [6.07, 6.45) is 0. The molecule has 6 nitrogen and oxygen atoms in total. The van der Waals surface area contributed by atoms with E-state index in [9.17, 15) is 17.6 Å². The minimum atomic E-state index is -3.45. The number of hydrogen-bond donors (Lipinski definition) is 2. The highest BCUT2D eigenvalue weighted by Gasteiger charge is 2.13. The van der Waals surface area contributed by atoms with Gasteiger partial charge in [0.25, 0.3) is 5.91 Å². The Kier molecular flexibility index (Phi) is 5.63. The maximum Gasteiger partial charge on any atom is 0.255 e. The van der Waals surface area contributed by atoms with Gasteiger partial charge in [0, 0.05) is 17.3 Å². The molecule has 2 aromatic carbocycles. The van der Waals surface area contributed by atoms with Crippen molar-refractivity contribution in [3.05, 3.63) is 53.3 Å². The van der Waals surface area contributed by atoms with E-state index < -0.39 is 21.7 Å². The van der Waals surface area contributed by atoms with Crippen molar-refractivity contribution in [3.63, 3.8) is 0 Å². The number of aryl methyl sites for hydroxylation is 1. The van der Waals surface area contributed by atoms with Gasteiger partial charge < -0.3 is 10.1 Å². The van der Waals surface area contributed by atoms with Gasteiger partial charge in [-0.1, -0.05) is 6.07 Å². The number of carbonyl (C=O) groups excluding carboxylic acids is 1. The van der Waals surface area contributed by atoms with Gasteiger partial charge >= 0.3 is 0 Å². The number of sulfonamides is 1. The van der Waals surface area contributed by atoms with Crippen molar-refractivity contribution >= 4 is 27.3 Å². The van der Waals surface area contributed by atoms with Crippen molar-refractivity contribution in [1.82, 2.24) is 0 Å². The average Bonchev–Trinajstić information content (AvgIpc) is 2.58. The van der Waals surface area contributed by atoms with Crippen LogP contribution >= 0.6 is 0 Å². The van der Waals surface area contributed by atoms with Gasteiger partial charge in [0.2, 0.25) is 10.0 Å². The van der Waals surface area contributed by atoms with E-state index in [1.807, 2.05) is 0 Å². The largest absolute Gasteiger partial charge is 0.494 e. The molecule has 2 aromatic rings. The molecule has 0 saturated carbocycles. The number of hydrogen-bond acceptors (Lipinski definition) is 4. The minimum absolute atomic E-state index is 0.0758. The Morgan fingerprint density at radius 1 is 1.20 bits per heavy atom. The van der Waals surface area contributed by atoms with E-state index in [-0.39, 0.29) is 22.8 Å². The van der Waals surface area contributed by atoms with E-state index in [0.29, 0.717) is 11.3 Å². The van der Waals surface area contributed by atoms with E-state index in [4.69, 9.17) is 4.74 Å². The molecule has 0 aromatic heterocycles. The normalized spacial score (nSPS) is 11.0. The number of halogens is 1. The van der Waals surface area contributed by atoms with Gasteiger partial charge in [-0.2, -0.15) is 0 Å². The summed E-state index contributed by atoms with van der Waals surface area (Å²) in [7, 11) is -2.06. The van der Waals surface area contributed by atoms with Gasteiger partial charge in [0.15, 0.2) is 0 Å². The fourth-order valence-corrected chi connectivity index (χ4v) is 2.68. The molecule has 0 aliphatic rings. The summed E-state index contributed by atoms with van der Waals surface area (Å²) < 4.78 is 44.5. The smallest absolute Gasteiger partial charge is 0.255 e. The number of carbonyl (C=O) groups is 1. The fourth-order valence-electron chi connectivity index (χ4n) is 2.03. The number of anilines is 2. The second-order valence-corrected chi connectivity index (χ2v) is 7.35. The zero-order valence-corrected chi connectivity index (χ0v) is 14.9. The molecule has 0 unspecified atom stereocenters. The molecule has 2 N–H and O–H groups in total. The summed E-state index contributed by atoms with van der Waals surface area (Å²) in [5, 5.41) is 2.62. The third kappa shape index (κ3) is 4.69. The van der Waals surface area contributed by atoms with Crippen LogP contribution in [0.25, 0.3) is 0 Å². The molecule has 134 valence electrons. The first-order valence-corrected chi connectivity index (χ1v) is 9.17. The lowest BCUT2D eigenvalue weighted by Gasteiger charge is -2.13. The molecular formula is C17H19FN2O4S. The van der Waals surface area contributed by atoms with Gasteiger partial charge in [-0.05, 0) is 43.7 Å². The lowest BCUT2D eigenvalue weighted by atomic mass is 10.1. The molecule has 0 spiro atoms. The molecule has 0 radical (unpaired) electrons. The Hall–Kier alpha value is -2.61. The van der Waals surface area contributed by atoms with Gasteiger partial charge in [-0.15, -0.1) is 0 Å². The predicted octanol–water partition coefficient (Wildman–Crippen LogP) is 3.16. The van der Waals surface area contributed by atoms with Crippen LogP contribution in [0.3, 0.4) is 0 Å². The first kappa shape index (κ1) is 18.7. The summed E-state index contributed by atoms with van der Waals surface area (Å²) in [5.74, 6) is -0.768. The monoisotopic (exact) mass is 366 g/mol. The first-order chi connectivity index (χ1) is 11.8. The van der Waals surface area contributed by atoms with Crippen LogP contribution in [-0.4, -0.2) is 27.2 Å². The summed E-state index contributed by atoms with van der Waals surface area (Å²) in [6, 6.07) is 8.69. The Balaban J connectivity index is 2.22. The van der Waals surface area contributed by atoms with E-state index in [2.05, 4.69) is 10.0 Å². The highest BCUT2D eigenvalue weighted by atomic mass is 32.2. The quantitative estimate of drug-likeness (QED) is 0.822. The summed E-state index contributed by atoms with van der Waals surface area (Å²) in [5.41, 5.74) is 1.29. The minimum Gasteiger partial charge on any atom is -0.494 e. The highest BCUT2D eigenvalue weighted by molar-refractivity contribution is 7.92. The maximum absolute atomic E-state index is 13.6. The third-order valence-electron chi connectivity index (χ3n) is 3.54. The number of rotatable bonds is 6. The number of nitrogens with one attached hydrogen (secondary N) is 2. The van der Waals surface area contributed by atoms with Crippen molar-refractivity contribution in [2.75, 3.05) is 22.9 Å². The lowest BCUT2D eigenvalue weighted by Crippen LogP contribution is -2.16. The molecule has 1 amide bonds. The number of benzene rings is 2.